The van der Waals surface area contributed by atoms with E-state index in [1.54, 1.807) is 0 Å². The summed E-state index contributed by atoms with van der Waals surface area (Å²) in [5.74, 6) is 0. The summed E-state index contributed by atoms with van der Waals surface area (Å²) >= 11 is 0. The topological polar surface area (TPSA) is 29.3 Å². The summed E-state index contributed by atoms with van der Waals surface area (Å²) in [6.07, 6.45) is -12.3. The maximum atomic E-state index is 9.13. The molecule has 0 bridgehead atoms. The average Bonchev–Trinajstić information content (AvgIpc) is 2.84. The van der Waals surface area contributed by atoms with Crippen molar-refractivity contribution in [2.45, 2.75) is 44.4 Å². The Balaban J connectivity index is 3.44. The van der Waals surface area contributed by atoms with E-state index in [-0.39, 0.29) is 0 Å². The molecule has 1 fully saturated rings. The van der Waals surface area contributed by atoms with Gasteiger partial charge in [-0.25, -0.2) is 0 Å². The van der Waals surface area contributed by atoms with Crippen molar-refractivity contribution in [1.82, 2.24) is 4.90 Å². The van der Waals surface area contributed by atoms with Gasteiger partial charge in [0.2, 0.25) is 0 Å². The summed E-state index contributed by atoms with van der Waals surface area (Å²) < 4.78 is 180. The van der Waals surface area contributed by atoms with Crippen molar-refractivity contribution in [3.05, 3.63) is 35.8 Å². The van der Waals surface area contributed by atoms with Gasteiger partial charge in [0.25, 0.3) is 0 Å². The second kappa shape index (κ2) is 5.19. The standard InChI is InChI=1S/C15H24N2/c1-3-15(2,17-11-7-8-12-17)14(16)13-9-5-4-6-10-13/h4-6,9-10,14H,3,7-8,11-12,16H2,1-2H3/i1D3,2D,3D2,4D,5D,6D,7D2,8D2,9D,10D,11D2,12D2,14D/hD2. The van der Waals surface area contributed by atoms with Crippen molar-refractivity contribution in [2.75, 3.05) is 13.0 Å². The molecule has 2 atom stereocenters. The first-order valence-corrected chi connectivity index (χ1v) is 4.50. The third-order valence-electron chi connectivity index (χ3n) is 2.11. The van der Waals surface area contributed by atoms with Crippen molar-refractivity contribution in [2.24, 2.45) is 5.72 Å². The summed E-state index contributed by atoms with van der Waals surface area (Å²) in [6.45, 7) is -14.4. The van der Waals surface area contributed by atoms with Gasteiger partial charge < -0.3 is 5.72 Å². The second-order valence-electron chi connectivity index (χ2n) is 3.14. The lowest BCUT2D eigenvalue weighted by Crippen LogP contribution is -2.51. The lowest BCUT2D eigenvalue weighted by Gasteiger charge is -2.43. The molecule has 94 valence electrons. The first kappa shape index (κ1) is 2.41. The fourth-order valence-electron chi connectivity index (χ4n) is 1.18. The molecular weight excluding hydrogens is 208 g/mol. The Kier molecular flexibility index (Phi) is 0.738. The number of hydrogen-bond donors (Lipinski definition) is 1. The zero-order valence-electron chi connectivity index (χ0n) is 30.6. The highest BCUT2D eigenvalue weighted by Crippen LogP contribution is 2.34. The fraction of sp³-hybridized carbons (Fsp3) is 0.600. The third kappa shape index (κ3) is 2.38. The van der Waals surface area contributed by atoms with Gasteiger partial charge in [-0.1, -0.05) is 37.1 Å². The molecule has 2 N–H and O–H groups in total. The molecule has 1 aromatic rings. The van der Waals surface area contributed by atoms with E-state index in [1.165, 1.54) is 0 Å². The van der Waals surface area contributed by atoms with Crippen LogP contribution in [0.15, 0.2) is 30.2 Å². The number of likely N-dealkylation sites (tertiary alicyclic amines) is 1. The molecule has 2 heteroatoms. The van der Waals surface area contributed by atoms with E-state index in [0.717, 1.165) is 0 Å². The molecule has 0 radical (unpaired) electrons. The van der Waals surface area contributed by atoms with Crippen molar-refractivity contribution in [3.8, 4) is 0 Å². The Morgan fingerprint density at radius 1 is 1.65 bits per heavy atom. The van der Waals surface area contributed by atoms with Gasteiger partial charge in [-0.15, -0.1) is 0 Å². The van der Waals surface area contributed by atoms with E-state index in [2.05, 4.69) is 0 Å². The van der Waals surface area contributed by atoms with Crippen LogP contribution in [0.5, 0.6) is 0 Å². The fourth-order valence-corrected chi connectivity index (χ4v) is 1.18. The van der Waals surface area contributed by atoms with Gasteiger partial charge in [-0.05, 0) is 44.6 Å². The van der Waals surface area contributed by atoms with Crippen molar-refractivity contribution >= 4 is 0 Å². The highest BCUT2D eigenvalue weighted by molar-refractivity contribution is 5.22. The minimum atomic E-state index is -4.33. The molecule has 0 aliphatic carbocycles. The molecule has 17 heavy (non-hydrogen) atoms. The van der Waals surface area contributed by atoms with Gasteiger partial charge in [0.15, 0.2) is 0 Å². The van der Waals surface area contributed by atoms with Crippen molar-refractivity contribution in [1.29, 1.82) is 0 Å². The van der Waals surface area contributed by atoms with E-state index < -0.39 is 104 Å². The monoisotopic (exact) mass is 254 g/mol. The Bertz CT molecular complexity index is 1090. The summed E-state index contributed by atoms with van der Waals surface area (Å²) in [5.41, 5.74) is -6.61. The molecule has 2 unspecified atom stereocenters. The maximum absolute atomic E-state index is 9.13. The predicted molar refractivity (Wildman–Crippen MR) is 72.9 cm³/mol. The highest BCUT2D eigenvalue weighted by Gasteiger charge is 2.38. The minimum Gasteiger partial charge on any atom is -0.322 e. The van der Waals surface area contributed by atoms with Gasteiger partial charge in [0.05, 0.1) is 8.22 Å². The summed E-state index contributed by atoms with van der Waals surface area (Å²) in [6, 6.07) is -10.5. The largest absolute Gasteiger partial charge is 0.322 e. The van der Waals surface area contributed by atoms with E-state index in [0.29, 0.717) is 0 Å². The minimum absolute atomic E-state index is 0.698. The Labute approximate surface area is 136 Å². The molecule has 0 aromatic heterocycles. The van der Waals surface area contributed by atoms with Crippen molar-refractivity contribution < 1.29 is 30.2 Å². The van der Waals surface area contributed by atoms with E-state index in [1.807, 2.05) is 0 Å². The molecule has 0 spiro atoms. The molecular formula is C15H24N2. The van der Waals surface area contributed by atoms with Gasteiger partial charge in [-0.3, -0.25) is 4.90 Å². The van der Waals surface area contributed by atoms with Crippen LogP contribution in [-0.4, -0.2) is 23.4 Å². The Hall–Kier alpha value is -0.860. The van der Waals surface area contributed by atoms with Gasteiger partial charge in [0, 0.05) is 30.7 Å². The number of nitrogens with zero attached hydrogens (tertiary/aromatic N) is 1. The predicted octanol–water partition coefficient (Wildman–Crippen LogP) is 2.95. The van der Waals surface area contributed by atoms with Gasteiger partial charge >= 0.3 is 0 Å². The SMILES string of the molecule is [2H]CC(N1C([2H])([2H])C([2H])([2H])C([2H])([2H])C1([2H])[2H])(C([2H])(c1c([2H])c([2H])c([2H])c([2H])c1[2H])N([2H])[2H])C([2H])([2H])C([2H])([2H])[2H]. The molecule has 1 aliphatic heterocycles. The molecule has 0 amide bonds. The average molecular weight is 255 g/mol. The van der Waals surface area contributed by atoms with Crippen LogP contribution >= 0.6 is 0 Å². The zero-order valence-corrected chi connectivity index (χ0v) is 8.60. The molecule has 1 aromatic carbocycles. The third-order valence-corrected chi connectivity index (χ3v) is 2.11. The molecule has 2 rings (SSSR count). The smallest absolute Gasteiger partial charge is 0.119 e. The van der Waals surface area contributed by atoms with Crippen LogP contribution in [0.25, 0.3) is 0 Å². The van der Waals surface area contributed by atoms with Crippen LogP contribution in [0.4, 0.5) is 0 Å². The summed E-state index contributed by atoms with van der Waals surface area (Å²) in [4.78, 5) is -0.698. The molecule has 1 saturated heterocycles. The van der Waals surface area contributed by atoms with Crippen molar-refractivity contribution in [3.63, 3.8) is 0 Å². The van der Waals surface area contributed by atoms with Crippen LogP contribution in [0.1, 0.15) is 71.9 Å². The van der Waals surface area contributed by atoms with E-state index >= 15 is 0 Å². The van der Waals surface area contributed by atoms with E-state index in [4.69, 9.17) is 30.2 Å². The lowest BCUT2D eigenvalue weighted by atomic mass is 9.84. The highest BCUT2D eigenvalue weighted by atomic mass is 15.2. The zero-order chi connectivity index (χ0) is 31.3. The summed E-state index contributed by atoms with van der Waals surface area (Å²) in [5, 5.41) is 0. The van der Waals surface area contributed by atoms with Crippen LogP contribution in [0.3, 0.4) is 0 Å². The maximum Gasteiger partial charge on any atom is 0.119 e. The molecule has 0 saturated carbocycles. The van der Waals surface area contributed by atoms with E-state index in [9.17, 15) is 0 Å². The quantitative estimate of drug-likeness (QED) is 0.875. The van der Waals surface area contributed by atoms with Crippen LogP contribution in [-0.2, 0) is 0 Å². The number of rotatable bonds is 5. The van der Waals surface area contributed by atoms with Gasteiger partial charge in [-0.2, -0.15) is 0 Å². The first-order chi connectivity index (χ1) is 17.0. The molecule has 1 aliphatic rings. The lowest BCUT2D eigenvalue weighted by molar-refractivity contribution is 0.100. The Morgan fingerprint density at radius 3 is 3.00 bits per heavy atom. The number of benzene rings is 1. The summed E-state index contributed by atoms with van der Waals surface area (Å²) in [7, 11) is 0. The molecule has 2 nitrogen and oxygen atoms in total. The van der Waals surface area contributed by atoms with Gasteiger partial charge in [0.1, 0.15) is 2.82 Å². The van der Waals surface area contributed by atoms with Crippen LogP contribution in [0.2, 0.25) is 2.82 Å². The first-order valence-electron chi connectivity index (χ1n) is 15.6. The number of hydrogen-bond acceptors (Lipinski definition) is 2. The normalized spacial score (nSPS) is 56.5. The second-order valence-corrected chi connectivity index (χ2v) is 3.14. The number of nitrogens with two attached hydrogens (primary N) is 1. The van der Waals surface area contributed by atoms with Crippen LogP contribution in [0, 0.1) is 0 Å². The van der Waals surface area contributed by atoms with Crippen LogP contribution < -0.4 is 5.72 Å². The molecule has 1 heterocycles. The Morgan fingerprint density at radius 2 is 2.41 bits per heavy atom.